The molecule has 1 radical (unpaired) electrons. The number of hydrogen-bond donors (Lipinski definition) is 0. The summed E-state index contributed by atoms with van der Waals surface area (Å²) in [6, 6.07) is 27.4. The Morgan fingerprint density at radius 3 is 1.93 bits per heavy atom. The SMILES string of the molecule is [CH2-]c1ccccc1-c1ccccn1.[Ir].c1ccc(-c2nc3ccccc3[n-]2)nc1. The van der Waals surface area contributed by atoms with Crippen LogP contribution < -0.4 is 4.98 Å². The van der Waals surface area contributed by atoms with Crippen LogP contribution in [0.5, 0.6) is 0 Å². The minimum Gasteiger partial charge on any atom is -0.434 e. The van der Waals surface area contributed by atoms with Gasteiger partial charge in [0.15, 0.2) is 0 Å². The minimum atomic E-state index is 0. The van der Waals surface area contributed by atoms with E-state index in [1.807, 2.05) is 84.9 Å². The van der Waals surface area contributed by atoms with E-state index in [9.17, 15) is 0 Å². The molecule has 0 saturated carbocycles. The Bertz CT molecular complexity index is 1140. The molecule has 0 aliphatic heterocycles. The third kappa shape index (κ3) is 4.96. The average Bonchev–Trinajstić information content (AvgIpc) is 3.20. The number of fused-ring (bicyclic) bond motifs is 1. The van der Waals surface area contributed by atoms with Crippen LogP contribution in [0.25, 0.3) is 33.8 Å². The van der Waals surface area contributed by atoms with Crippen molar-refractivity contribution in [3.05, 3.63) is 110 Å². The Labute approximate surface area is 183 Å². The maximum absolute atomic E-state index is 4.41. The van der Waals surface area contributed by atoms with Crippen molar-refractivity contribution in [2.45, 2.75) is 0 Å². The van der Waals surface area contributed by atoms with Gasteiger partial charge in [0.2, 0.25) is 0 Å². The summed E-state index contributed by atoms with van der Waals surface area (Å²) in [6.45, 7) is 3.96. The summed E-state index contributed by atoms with van der Waals surface area (Å²) in [5, 5.41) is 0. The number of pyridine rings is 2. The van der Waals surface area contributed by atoms with Gasteiger partial charge in [-0.25, -0.2) is 0 Å². The normalized spacial score (nSPS) is 9.93. The Hall–Kier alpha value is -3.27. The van der Waals surface area contributed by atoms with Gasteiger partial charge in [0, 0.05) is 38.2 Å². The van der Waals surface area contributed by atoms with Crippen LogP contribution >= 0.6 is 0 Å². The maximum Gasteiger partial charge on any atom is 0.0620 e. The van der Waals surface area contributed by atoms with Gasteiger partial charge in [0.05, 0.1) is 5.69 Å². The molecule has 0 aliphatic carbocycles. The standard InChI is InChI=1S/C12H8N3.C12H10N.Ir/c1-2-6-10-9(5-1)14-12(15-10)11-7-3-4-8-13-11;1-10-6-2-3-7-11(10)12-8-4-5-9-13-12;/h1-8H;2-9H,1H2;/q2*-1;. The van der Waals surface area contributed by atoms with E-state index in [0.717, 1.165) is 33.5 Å². The second-order valence-corrected chi connectivity index (χ2v) is 6.12. The van der Waals surface area contributed by atoms with E-state index in [1.165, 1.54) is 0 Å². The molecule has 0 aliphatic rings. The molecule has 5 aromatic rings. The summed E-state index contributed by atoms with van der Waals surface area (Å²) in [7, 11) is 0. The summed E-state index contributed by atoms with van der Waals surface area (Å²) in [5.41, 5.74) is 5.74. The van der Waals surface area contributed by atoms with Gasteiger partial charge >= 0.3 is 0 Å². The van der Waals surface area contributed by atoms with Crippen LogP contribution in [-0.4, -0.2) is 15.0 Å². The first-order valence-electron chi connectivity index (χ1n) is 8.94. The molecular formula is C24H18IrN4-2. The molecule has 2 aromatic carbocycles. The first-order chi connectivity index (χ1) is 13.8. The molecule has 3 aromatic heterocycles. The van der Waals surface area contributed by atoms with Crippen molar-refractivity contribution in [3.63, 3.8) is 0 Å². The summed E-state index contributed by atoms with van der Waals surface area (Å²) >= 11 is 0. The van der Waals surface area contributed by atoms with E-state index >= 15 is 0 Å². The van der Waals surface area contributed by atoms with E-state index in [1.54, 1.807) is 12.4 Å². The Kier molecular flexibility index (Phi) is 6.90. The molecule has 5 rings (SSSR count). The van der Waals surface area contributed by atoms with Gasteiger partial charge < -0.3 is 9.97 Å². The predicted molar refractivity (Wildman–Crippen MR) is 112 cm³/mol. The van der Waals surface area contributed by atoms with Crippen molar-refractivity contribution in [3.8, 4) is 22.8 Å². The number of imidazole rings is 1. The molecule has 0 N–H and O–H groups in total. The number of nitrogens with zero attached hydrogens (tertiary/aromatic N) is 4. The van der Waals surface area contributed by atoms with Crippen LogP contribution in [-0.2, 0) is 20.1 Å². The van der Waals surface area contributed by atoms with E-state index in [4.69, 9.17) is 0 Å². The smallest absolute Gasteiger partial charge is 0.0620 e. The molecule has 3 heterocycles. The number of hydrogen-bond acceptors (Lipinski definition) is 3. The zero-order valence-electron chi connectivity index (χ0n) is 15.6. The fraction of sp³-hybridized carbons (Fsp3) is 0. The number of aromatic nitrogens is 4. The zero-order valence-corrected chi connectivity index (χ0v) is 18.0. The van der Waals surface area contributed by atoms with Gasteiger partial charge in [-0.1, -0.05) is 42.5 Å². The quantitative estimate of drug-likeness (QED) is 0.282. The molecule has 0 spiro atoms. The van der Waals surface area contributed by atoms with Crippen LogP contribution in [0.3, 0.4) is 0 Å². The first kappa shape index (κ1) is 20.5. The van der Waals surface area contributed by atoms with Gasteiger partial charge in [-0.2, -0.15) is 18.6 Å². The van der Waals surface area contributed by atoms with Crippen LogP contribution in [0.4, 0.5) is 0 Å². The van der Waals surface area contributed by atoms with E-state index < -0.39 is 0 Å². The Morgan fingerprint density at radius 2 is 1.28 bits per heavy atom. The topological polar surface area (TPSA) is 52.8 Å². The van der Waals surface area contributed by atoms with Gasteiger partial charge in [-0.3, -0.25) is 9.97 Å². The number of rotatable bonds is 2. The van der Waals surface area contributed by atoms with Gasteiger partial charge in [0.25, 0.3) is 0 Å². The summed E-state index contributed by atoms with van der Waals surface area (Å²) < 4.78 is 0. The predicted octanol–water partition coefficient (Wildman–Crippen LogP) is 5.18. The van der Waals surface area contributed by atoms with Crippen LogP contribution in [0.15, 0.2) is 97.3 Å². The molecule has 0 amide bonds. The van der Waals surface area contributed by atoms with E-state index in [2.05, 4.69) is 26.9 Å². The van der Waals surface area contributed by atoms with Crippen molar-refractivity contribution < 1.29 is 20.1 Å². The number of para-hydroxylation sites is 2. The molecule has 29 heavy (non-hydrogen) atoms. The van der Waals surface area contributed by atoms with Gasteiger partial charge in [-0.15, -0.1) is 17.7 Å². The minimum absolute atomic E-state index is 0. The molecule has 0 unspecified atom stereocenters. The van der Waals surface area contributed by atoms with Gasteiger partial charge in [0.1, 0.15) is 0 Å². The average molecular weight is 555 g/mol. The molecule has 145 valence electrons. The third-order valence-corrected chi connectivity index (χ3v) is 4.19. The van der Waals surface area contributed by atoms with E-state index in [0.29, 0.717) is 5.82 Å². The van der Waals surface area contributed by atoms with Crippen LogP contribution in [0.1, 0.15) is 5.56 Å². The molecule has 0 fully saturated rings. The third-order valence-electron chi connectivity index (χ3n) is 4.19. The molecule has 0 bridgehead atoms. The molecule has 0 atom stereocenters. The van der Waals surface area contributed by atoms with Crippen LogP contribution in [0, 0.1) is 6.92 Å². The summed E-state index contributed by atoms with van der Waals surface area (Å²) in [5.74, 6) is 0.691. The van der Waals surface area contributed by atoms with E-state index in [-0.39, 0.29) is 20.1 Å². The molecular weight excluding hydrogens is 537 g/mol. The van der Waals surface area contributed by atoms with Crippen molar-refractivity contribution in [1.82, 2.24) is 19.9 Å². The molecule has 0 saturated heterocycles. The second kappa shape index (κ2) is 9.78. The monoisotopic (exact) mass is 555 g/mol. The zero-order chi connectivity index (χ0) is 19.2. The fourth-order valence-corrected chi connectivity index (χ4v) is 2.81. The summed E-state index contributed by atoms with van der Waals surface area (Å²) in [6.07, 6.45) is 3.54. The molecule has 4 nitrogen and oxygen atoms in total. The van der Waals surface area contributed by atoms with Crippen molar-refractivity contribution >= 4 is 11.0 Å². The van der Waals surface area contributed by atoms with Gasteiger partial charge in [-0.05, 0) is 41.1 Å². The maximum atomic E-state index is 4.41. The summed E-state index contributed by atoms with van der Waals surface area (Å²) in [4.78, 5) is 17.3. The number of benzene rings is 2. The Morgan fingerprint density at radius 1 is 0.655 bits per heavy atom. The van der Waals surface area contributed by atoms with Crippen molar-refractivity contribution in [2.24, 2.45) is 0 Å². The second-order valence-electron chi connectivity index (χ2n) is 6.12. The van der Waals surface area contributed by atoms with Crippen molar-refractivity contribution in [1.29, 1.82) is 0 Å². The van der Waals surface area contributed by atoms with Crippen molar-refractivity contribution in [2.75, 3.05) is 0 Å². The largest absolute Gasteiger partial charge is 0.434 e. The van der Waals surface area contributed by atoms with Crippen LogP contribution in [0.2, 0.25) is 0 Å². The molecule has 5 heteroatoms. The first-order valence-corrected chi connectivity index (χ1v) is 8.94. The fourth-order valence-electron chi connectivity index (χ4n) is 2.81. The Balaban J connectivity index is 0.000000162.